The fourth-order valence-electron chi connectivity index (χ4n) is 2.65. The van der Waals surface area contributed by atoms with E-state index in [0.29, 0.717) is 35.3 Å². The Morgan fingerprint density at radius 3 is 2.54 bits per heavy atom. The molecule has 0 fully saturated rings. The number of nitrogens with one attached hydrogen (secondary N) is 1. The summed E-state index contributed by atoms with van der Waals surface area (Å²) in [6, 6.07) is 11.9. The highest BCUT2D eigenvalue weighted by Gasteiger charge is 2.12. The Labute approximate surface area is 161 Å². The average molecular weight is 372 g/mol. The van der Waals surface area contributed by atoms with Gasteiger partial charge in [-0.3, -0.25) is 4.98 Å². The van der Waals surface area contributed by atoms with E-state index < -0.39 is 0 Å². The number of aryl methyl sites for hydroxylation is 1. The molecule has 0 spiro atoms. The molecule has 1 aromatic carbocycles. The lowest BCUT2D eigenvalue weighted by Crippen LogP contribution is -2.07. The summed E-state index contributed by atoms with van der Waals surface area (Å²) >= 11 is 0. The van der Waals surface area contributed by atoms with E-state index in [1.165, 1.54) is 6.07 Å². The normalized spacial score (nSPS) is 10.6. The van der Waals surface area contributed by atoms with Crippen LogP contribution >= 0.6 is 0 Å². The van der Waals surface area contributed by atoms with Gasteiger partial charge in [0.15, 0.2) is 5.82 Å². The lowest BCUT2D eigenvalue weighted by atomic mass is 10.1. The van der Waals surface area contributed by atoms with Crippen LogP contribution in [0.2, 0.25) is 0 Å². The SMILES string of the molecule is Cc1cnc(CNc2cc(-c3ccccc3F)nc(-c3cccnc3)n2)nc1. The summed E-state index contributed by atoms with van der Waals surface area (Å²) in [6.07, 6.45) is 6.87. The number of aromatic nitrogens is 5. The third-order valence-electron chi connectivity index (χ3n) is 4.06. The molecule has 0 aliphatic rings. The second kappa shape index (κ2) is 7.87. The number of hydrogen-bond acceptors (Lipinski definition) is 6. The zero-order valence-corrected chi connectivity index (χ0v) is 15.2. The Bertz CT molecular complexity index is 1080. The van der Waals surface area contributed by atoms with Crippen LogP contribution in [0.3, 0.4) is 0 Å². The first kappa shape index (κ1) is 17.7. The van der Waals surface area contributed by atoms with Crippen molar-refractivity contribution in [1.29, 1.82) is 0 Å². The van der Waals surface area contributed by atoms with Gasteiger partial charge in [-0.15, -0.1) is 0 Å². The Balaban J connectivity index is 1.71. The summed E-state index contributed by atoms with van der Waals surface area (Å²) < 4.78 is 14.3. The second-order valence-electron chi connectivity index (χ2n) is 6.21. The fourth-order valence-corrected chi connectivity index (χ4v) is 2.65. The van der Waals surface area contributed by atoms with Crippen molar-refractivity contribution in [2.24, 2.45) is 0 Å². The van der Waals surface area contributed by atoms with Crippen LogP contribution in [-0.2, 0) is 6.54 Å². The molecule has 0 saturated heterocycles. The molecule has 0 aliphatic heterocycles. The van der Waals surface area contributed by atoms with Crippen LogP contribution in [0.4, 0.5) is 10.2 Å². The molecule has 4 aromatic rings. The van der Waals surface area contributed by atoms with E-state index in [4.69, 9.17) is 0 Å². The minimum Gasteiger partial charge on any atom is -0.363 e. The highest BCUT2D eigenvalue weighted by atomic mass is 19.1. The van der Waals surface area contributed by atoms with Crippen LogP contribution in [-0.4, -0.2) is 24.9 Å². The van der Waals surface area contributed by atoms with Crippen molar-refractivity contribution in [3.63, 3.8) is 0 Å². The van der Waals surface area contributed by atoms with Crippen molar-refractivity contribution in [2.45, 2.75) is 13.5 Å². The number of hydrogen-bond donors (Lipinski definition) is 1. The van der Waals surface area contributed by atoms with Crippen molar-refractivity contribution in [1.82, 2.24) is 24.9 Å². The van der Waals surface area contributed by atoms with Gasteiger partial charge in [-0.1, -0.05) is 12.1 Å². The van der Waals surface area contributed by atoms with Gasteiger partial charge in [0.25, 0.3) is 0 Å². The summed E-state index contributed by atoms with van der Waals surface area (Å²) in [5.74, 6) is 1.31. The van der Waals surface area contributed by atoms with Crippen molar-refractivity contribution in [3.8, 4) is 22.6 Å². The molecule has 0 atom stereocenters. The molecular weight excluding hydrogens is 355 g/mol. The van der Waals surface area contributed by atoms with Crippen molar-refractivity contribution < 1.29 is 4.39 Å². The van der Waals surface area contributed by atoms with E-state index in [-0.39, 0.29) is 5.82 Å². The monoisotopic (exact) mass is 372 g/mol. The molecule has 7 heteroatoms. The van der Waals surface area contributed by atoms with Crippen LogP contribution in [0.15, 0.2) is 67.3 Å². The molecule has 0 bridgehead atoms. The lowest BCUT2D eigenvalue weighted by molar-refractivity contribution is 0.630. The van der Waals surface area contributed by atoms with Gasteiger partial charge in [-0.05, 0) is 36.8 Å². The van der Waals surface area contributed by atoms with Gasteiger partial charge in [-0.2, -0.15) is 0 Å². The molecule has 3 aromatic heterocycles. The summed E-state index contributed by atoms with van der Waals surface area (Å²) in [6.45, 7) is 2.32. The van der Waals surface area contributed by atoms with Crippen molar-refractivity contribution in [3.05, 3.63) is 84.5 Å². The van der Waals surface area contributed by atoms with Crippen molar-refractivity contribution in [2.75, 3.05) is 5.32 Å². The minimum absolute atomic E-state index is 0.342. The maximum atomic E-state index is 14.3. The zero-order valence-electron chi connectivity index (χ0n) is 15.2. The number of rotatable bonds is 5. The van der Waals surface area contributed by atoms with Crippen LogP contribution < -0.4 is 5.32 Å². The van der Waals surface area contributed by atoms with Gasteiger partial charge in [0.05, 0.1) is 12.2 Å². The average Bonchev–Trinajstić information content (AvgIpc) is 2.74. The van der Waals surface area contributed by atoms with Crippen LogP contribution in [0.25, 0.3) is 22.6 Å². The molecule has 0 aliphatic carbocycles. The molecule has 3 heterocycles. The molecule has 0 unspecified atom stereocenters. The number of anilines is 1. The molecule has 6 nitrogen and oxygen atoms in total. The third-order valence-corrected chi connectivity index (χ3v) is 4.06. The van der Waals surface area contributed by atoms with Gasteiger partial charge >= 0.3 is 0 Å². The highest BCUT2D eigenvalue weighted by Crippen LogP contribution is 2.26. The summed E-state index contributed by atoms with van der Waals surface area (Å²) in [7, 11) is 0. The quantitative estimate of drug-likeness (QED) is 0.569. The number of halogens is 1. The lowest BCUT2D eigenvalue weighted by Gasteiger charge is -2.10. The van der Waals surface area contributed by atoms with E-state index in [2.05, 4.69) is 30.2 Å². The topological polar surface area (TPSA) is 76.5 Å². The van der Waals surface area contributed by atoms with Crippen molar-refractivity contribution >= 4 is 5.82 Å². The maximum Gasteiger partial charge on any atom is 0.163 e. The molecular formula is C21H17FN6. The van der Waals surface area contributed by atoms with Crippen LogP contribution in [0.1, 0.15) is 11.4 Å². The Kier molecular flexibility index (Phi) is 4.97. The van der Waals surface area contributed by atoms with E-state index in [0.717, 1.165) is 11.1 Å². The van der Waals surface area contributed by atoms with E-state index in [1.807, 2.05) is 19.1 Å². The molecule has 4 rings (SSSR count). The maximum absolute atomic E-state index is 14.3. The smallest absolute Gasteiger partial charge is 0.163 e. The molecule has 1 N–H and O–H groups in total. The summed E-state index contributed by atoms with van der Waals surface area (Å²) in [5.41, 5.74) is 2.63. The minimum atomic E-state index is -0.342. The molecule has 0 saturated carbocycles. The predicted octanol–water partition coefficient (Wildman–Crippen LogP) is 4.06. The van der Waals surface area contributed by atoms with E-state index in [9.17, 15) is 4.39 Å². The molecule has 138 valence electrons. The fraction of sp³-hybridized carbons (Fsp3) is 0.0952. The molecule has 28 heavy (non-hydrogen) atoms. The van der Waals surface area contributed by atoms with Gasteiger partial charge in [0.1, 0.15) is 17.5 Å². The van der Waals surface area contributed by atoms with Gasteiger partial charge in [0, 0.05) is 42.0 Å². The third kappa shape index (κ3) is 3.98. The number of benzene rings is 1. The first-order valence-corrected chi connectivity index (χ1v) is 8.75. The first-order chi connectivity index (χ1) is 13.7. The Morgan fingerprint density at radius 1 is 0.964 bits per heavy atom. The first-order valence-electron chi connectivity index (χ1n) is 8.75. The van der Waals surface area contributed by atoms with Gasteiger partial charge in [-0.25, -0.2) is 24.3 Å². The highest BCUT2D eigenvalue weighted by molar-refractivity contribution is 5.67. The van der Waals surface area contributed by atoms with Crippen LogP contribution in [0, 0.1) is 12.7 Å². The van der Waals surface area contributed by atoms with E-state index >= 15 is 0 Å². The summed E-state index contributed by atoms with van der Waals surface area (Å²) in [4.78, 5) is 21.8. The zero-order chi connectivity index (χ0) is 19.3. The second-order valence-corrected chi connectivity index (χ2v) is 6.21. The number of nitrogens with zero attached hydrogens (tertiary/aromatic N) is 5. The van der Waals surface area contributed by atoms with Gasteiger partial charge < -0.3 is 5.32 Å². The largest absolute Gasteiger partial charge is 0.363 e. The van der Waals surface area contributed by atoms with Crippen LogP contribution in [0.5, 0.6) is 0 Å². The standard InChI is InChI=1S/C21H17FN6/c1-14-10-24-20(25-11-14)13-26-19-9-18(16-6-2-3-7-17(16)22)27-21(28-19)15-5-4-8-23-12-15/h2-12H,13H2,1H3,(H,26,27,28). The van der Waals surface area contributed by atoms with Gasteiger partial charge in [0.2, 0.25) is 0 Å². The number of pyridine rings is 1. The molecule has 0 amide bonds. The van der Waals surface area contributed by atoms with E-state index in [1.54, 1.807) is 49.1 Å². The summed E-state index contributed by atoms with van der Waals surface area (Å²) in [5, 5.41) is 3.20. The predicted molar refractivity (Wildman–Crippen MR) is 105 cm³/mol. The Morgan fingerprint density at radius 2 is 1.79 bits per heavy atom. The molecule has 0 radical (unpaired) electrons. The Hall–Kier alpha value is -3.74.